The normalized spacial score (nSPS) is 16.1. The number of halogens is 2. The Labute approximate surface area is 116 Å². The second kappa shape index (κ2) is 5.74. The van der Waals surface area contributed by atoms with Gasteiger partial charge in [-0.05, 0) is 17.7 Å². The van der Waals surface area contributed by atoms with Crippen molar-refractivity contribution in [3.63, 3.8) is 0 Å². The van der Waals surface area contributed by atoms with Crippen LogP contribution in [0.1, 0.15) is 5.56 Å². The zero-order valence-corrected chi connectivity index (χ0v) is 11.2. The summed E-state index contributed by atoms with van der Waals surface area (Å²) in [6.45, 7) is 1.36. The predicted molar refractivity (Wildman–Crippen MR) is 72.7 cm³/mol. The molecule has 1 aliphatic heterocycles. The summed E-state index contributed by atoms with van der Waals surface area (Å²) < 4.78 is 0. The van der Waals surface area contributed by atoms with Gasteiger partial charge in [0.1, 0.15) is 0 Å². The highest BCUT2D eigenvalue weighted by Gasteiger charge is 2.28. The molecule has 0 aromatic heterocycles. The van der Waals surface area contributed by atoms with E-state index in [9.17, 15) is 4.79 Å². The molecule has 1 amide bonds. The summed E-state index contributed by atoms with van der Waals surface area (Å²) in [5.41, 5.74) is 0.719. The second-order valence-corrected chi connectivity index (χ2v) is 5.05. The smallest absolute Gasteiger partial charge is 0.246 e. The first kappa shape index (κ1) is 13.4. The van der Waals surface area contributed by atoms with Gasteiger partial charge in [-0.1, -0.05) is 35.3 Å². The molecule has 1 aliphatic rings. The Morgan fingerprint density at radius 1 is 1.44 bits per heavy atom. The lowest BCUT2D eigenvalue weighted by molar-refractivity contribution is -0.132. The van der Waals surface area contributed by atoms with E-state index in [1.807, 2.05) is 0 Å². The van der Waals surface area contributed by atoms with Crippen LogP contribution in [0.25, 0.3) is 6.08 Å². The fraction of sp³-hybridized carbons (Fsp3) is 0.308. The Balaban J connectivity index is 1.99. The highest BCUT2D eigenvalue weighted by atomic mass is 35.5. The van der Waals surface area contributed by atoms with Crippen molar-refractivity contribution in [2.24, 2.45) is 5.92 Å². The summed E-state index contributed by atoms with van der Waals surface area (Å²) in [6.07, 6.45) is 3.13. The van der Waals surface area contributed by atoms with Gasteiger partial charge in [-0.3, -0.25) is 4.79 Å². The molecule has 96 valence electrons. The average molecular weight is 286 g/mol. The summed E-state index contributed by atoms with van der Waals surface area (Å²) in [5, 5.41) is 9.78. The van der Waals surface area contributed by atoms with E-state index in [0.717, 1.165) is 5.56 Å². The monoisotopic (exact) mass is 285 g/mol. The van der Waals surface area contributed by atoms with Crippen LogP contribution in [-0.2, 0) is 4.79 Å². The Morgan fingerprint density at radius 2 is 2.17 bits per heavy atom. The average Bonchev–Trinajstić information content (AvgIpc) is 2.30. The number of hydrogen-bond donors (Lipinski definition) is 1. The van der Waals surface area contributed by atoms with Gasteiger partial charge in [0, 0.05) is 31.7 Å². The van der Waals surface area contributed by atoms with Gasteiger partial charge >= 0.3 is 0 Å². The molecular formula is C13H13Cl2NO2. The van der Waals surface area contributed by atoms with Crippen molar-refractivity contribution in [3.05, 3.63) is 39.9 Å². The second-order valence-electron chi connectivity index (χ2n) is 4.27. The highest BCUT2D eigenvalue weighted by molar-refractivity contribution is 6.42. The van der Waals surface area contributed by atoms with Crippen molar-refractivity contribution in [2.45, 2.75) is 0 Å². The molecule has 0 atom stereocenters. The minimum absolute atomic E-state index is 0.0734. The minimum atomic E-state index is -0.0734. The number of aliphatic hydroxyl groups excluding tert-OH is 1. The van der Waals surface area contributed by atoms with Crippen LogP contribution < -0.4 is 0 Å². The van der Waals surface area contributed by atoms with Gasteiger partial charge in [0.05, 0.1) is 10.0 Å². The molecule has 1 N–H and O–H groups in total. The Morgan fingerprint density at radius 3 is 2.83 bits per heavy atom. The Bertz CT molecular complexity index is 482. The van der Waals surface area contributed by atoms with Crippen molar-refractivity contribution in [2.75, 3.05) is 19.7 Å². The molecule has 1 heterocycles. The first-order chi connectivity index (χ1) is 8.61. The van der Waals surface area contributed by atoms with Crippen LogP contribution >= 0.6 is 23.2 Å². The molecule has 0 bridgehead atoms. The predicted octanol–water partition coefficient (Wildman–Crippen LogP) is 2.46. The number of carbonyl (C=O) groups is 1. The van der Waals surface area contributed by atoms with E-state index in [1.54, 1.807) is 29.2 Å². The lowest BCUT2D eigenvalue weighted by Gasteiger charge is -2.37. The van der Waals surface area contributed by atoms with Crippen LogP contribution in [0.5, 0.6) is 0 Å². The zero-order chi connectivity index (χ0) is 13.1. The van der Waals surface area contributed by atoms with Crippen LogP contribution in [0.3, 0.4) is 0 Å². The number of nitrogens with zero attached hydrogens (tertiary/aromatic N) is 1. The molecule has 1 saturated heterocycles. The molecule has 5 heteroatoms. The minimum Gasteiger partial charge on any atom is -0.396 e. The van der Waals surface area contributed by atoms with Crippen molar-refractivity contribution in [1.29, 1.82) is 0 Å². The van der Waals surface area contributed by atoms with Crippen LogP contribution in [0.15, 0.2) is 24.3 Å². The summed E-state index contributed by atoms with van der Waals surface area (Å²) in [7, 11) is 0. The van der Waals surface area contributed by atoms with Crippen molar-refractivity contribution in [3.8, 4) is 0 Å². The molecule has 0 aliphatic carbocycles. The van der Waals surface area contributed by atoms with Gasteiger partial charge in [0.15, 0.2) is 0 Å². The van der Waals surface area contributed by atoms with Crippen molar-refractivity contribution < 1.29 is 9.90 Å². The quantitative estimate of drug-likeness (QED) is 0.867. The topological polar surface area (TPSA) is 40.5 Å². The fourth-order valence-electron chi connectivity index (χ4n) is 1.78. The molecule has 3 nitrogen and oxygen atoms in total. The van der Waals surface area contributed by atoms with Gasteiger partial charge in [0.2, 0.25) is 5.91 Å². The van der Waals surface area contributed by atoms with Crippen LogP contribution in [-0.4, -0.2) is 35.6 Å². The number of likely N-dealkylation sites (tertiary alicyclic amines) is 1. The van der Waals surface area contributed by atoms with E-state index in [4.69, 9.17) is 28.3 Å². The van der Waals surface area contributed by atoms with E-state index in [1.165, 1.54) is 6.08 Å². The third-order valence-electron chi connectivity index (χ3n) is 2.91. The van der Waals surface area contributed by atoms with E-state index in [0.29, 0.717) is 23.1 Å². The van der Waals surface area contributed by atoms with E-state index in [-0.39, 0.29) is 18.4 Å². The van der Waals surface area contributed by atoms with Crippen LogP contribution in [0, 0.1) is 5.92 Å². The maximum absolute atomic E-state index is 11.7. The Hall–Kier alpha value is -1.03. The molecule has 2 rings (SSSR count). The molecular weight excluding hydrogens is 273 g/mol. The van der Waals surface area contributed by atoms with Gasteiger partial charge in [-0.15, -0.1) is 0 Å². The number of benzene rings is 1. The molecule has 18 heavy (non-hydrogen) atoms. The van der Waals surface area contributed by atoms with E-state index < -0.39 is 0 Å². The summed E-state index contributed by atoms with van der Waals surface area (Å²) in [5.74, 6) is 0.146. The van der Waals surface area contributed by atoms with Crippen LogP contribution in [0.4, 0.5) is 0 Å². The summed E-state index contributed by atoms with van der Waals surface area (Å²) in [6, 6.07) is 5.28. The first-order valence-corrected chi connectivity index (χ1v) is 6.39. The lowest BCUT2D eigenvalue weighted by Crippen LogP contribution is -2.50. The number of carbonyl (C=O) groups excluding carboxylic acids is 1. The number of rotatable bonds is 3. The molecule has 1 fully saturated rings. The SMILES string of the molecule is O=C(C=Cc1cccc(Cl)c1Cl)N1CC(CO)C1. The summed E-state index contributed by atoms with van der Waals surface area (Å²) in [4.78, 5) is 13.4. The van der Waals surface area contributed by atoms with Crippen molar-refractivity contribution in [1.82, 2.24) is 4.90 Å². The van der Waals surface area contributed by atoms with E-state index >= 15 is 0 Å². The highest BCUT2D eigenvalue weighted by Crippen LogP contribution is 2.26. The molecule has 0 saturated carbocycles. The van der Waals surface area contributed by atoms with Gasteiger partial charge in [-0.2, -0.15) is 0 Å². The number of aliphatic hydroxyl groups is 1. The number of amides is 1. The fourth-order valence-corrected chi connectivity index (χ4v) is 2.15. The molecule has 0 radical (unpaired) electrons. The third-order valence-corrected chi connectivity index (χ3v) is 3.75. The third kappa shape index (κ3) is 2.86. The maximum atomic E-state index is 11.7. The molecule has 1 aromatic carbocycles. The largest absolute Gasteiger partial charge is 0.396 e. The zero-order valence-electron chi connectivity index (χ0n) is 9.64. The number of hydrogen-bond acceptors (Lipinski definition) is 2. The Kier molecular flexibility index (Phi) is 4.27. The molecule has 1 aromatic rings. The standard InChI is InChI=1S/C13H13Cl2NO2/c14-11-3-1-2-10(13(11)15)4-5-12(18)16-6-9(7-16)8-17/h1-5,9,17H,6-8H2. The van der Waals surface area contributed by atoms with Gasteiger partial charge < -0.3 is 10.0 Å². The molecule has 0 spiro atoms. The summed E-state index contributed by atoms with van der Waals surface area (Å²) >= 11 is 11.9. The van der Waals surface area contributed by atoms with Crippen LogP contribution in [0.2, 0.25) is 10.0 Å². The van der Waals surface area contributed by atoms with Crippen molar-refractivity contribution >= 4 is 35.2 Å². The maximum Gasteiger partial charge on any atom is 0.246 e. The van der Waals surface area contributed by atoms with Gasteiger partial charge in [0.25, 0.3) is 0 Å². The molecule has 0 unspecified atom stereocenters. The lowest BCUT2D eigenvalue weighted by atomic mass is 10.0. The van der Waals surface area contributed by atoms with Gasteiger partial charge in [-0.25, -0.2) is 0 Å². The van der Waals surface area contributed by atoms with E-state index in [2.05, 4.69) is 0 Å². The first-order valence-electron chi connectivity index (χ1n) is 5.63.